The van der Waals surface area contributed by atoms with Crippen LogP contribution in [0.2, 0.25) is 0 Å². The number of nitrogens with one attached hydrogen (secondary N) is 1. The number of piperidine rings is 1. The molecule has 0 bridgehead atoms. The van der Waals surface area contributed by atoms with Crippen molar-refractivity contribution >= 4 is 33.0 Å². The van der Waals surface area contributed by atoms with Crippen LogP contribution >= 0.6 is 11.3 Å². The molecule has 0 spiro atoms. The van der Waals surface area contributed by atoms with Gasteiger partial charge in [0.25, 0.3) is 10.0 Å². The highest BCUT2D eigenvalue weighted by atomic mass is 32.2. The van der Waals surface area contributed by atoms with Gasteiger partial charge in [0, 0.05) is 44.3 Å². The summed E-state index contributed by atoms with van der Waals surface area (Å²) in [7, 11) is -3.42. The lowest BCUT2D eigenvalue weighted by atomic mass is 9.97. The van der Waals surface area contributed by atoms with Crippen LogP contribution in [0.25, 0.3) is 0 Å². The molecule has 1 aromatic heterocycles. The smallest absolute Gasteiger partial charge is 0.252 e. The molecule has 1 aromatic carbocycles. The van der Waals surface area contributed by atoms with Gasteiger partial charge in [0.2, 0.25) is 5.91 Å². The van der Waals surface area contributed by atoms with Crippen LogP contribution in [-0.2, 0) is 21.4 Å². The Hall–Kier alpha value is -1.90. The average Bonchev–Trinajstić information content (AvgIpc) is 3.47. The molecular formula is C21H27N3O3S2. The summed E-state index contributed by atoms with van der Waals surface area (Å²) in [6.07, 6.45) is 3.55. The number of para-hydroxylation sites is 1. The fourth-order valence-electron chi connectivity index (χ4n) is 4.15. The summed E-state index contributed by atoms with van der Waals surface area (Å²) < 4.78 is 27.1. The Labute approximate surface area is 176 Å². The first-order chi connectivity index (χ1) is 14.1. The lowest BCUT2D eigenvalue weighted by molar-refractivity contribution is -0.126. The van der Waals surface area contributed by atoms with Crippen molar-refractivity contribution in [3.63, 3.8) is 0 Å². The zero-order valence-corrected chi connectivity index (χ0v) is 18.1. The molecular weight excluding hydrogens is 406 g/mol. The Balaban J connectivity index is 1.32. The molecule has 2 aliphatic heterocycles. The van der Waals surface area contributed by atoms with E-state index in [-0.39, 0.29) is 11.8 Å². The molecule has 2 saturated heterocycles. The van der Waals surface area contributed by atoms with Gasteiger partial charge in [0.05, 0.1) is 0 Å². The van der Waals surface area contributed by atoms with E-state index in [0.717, 1.165) is 18.7 Å². The van der Waals surface area contributed by atoms with E-state index in [4.69, 9.17) is 0 Å². The maximum Gasteiger partial charge on any atom is 0.252 e. The van der Waals surface area contributed by atoms with E-state index < -0.39 is 10.0 Å². The molecule has 4 rings (SSSR count). The summed E-state index contributed by atoms with van der Waals surface area (Å²) in [6, 6.07) is 11.6. The zero-order chi connectivity index (χ0) is 20.3. The van der Waals surface area contributed by atoms with Crippen molar-refractivity contribution in [2.24, 2.45) is 5.92 Å². The SMILES string of the molecule is O=C(NCc1ccccc1N1CCCC1)C1CCN(S(=O)(=O)c2cccs2)CC1. The van der Waals surface area contributed by atoms with E-state index >= 15 is 0 Å². The lowest BCUT2D eigenvalue weighted by Gasteiger charge is -2.30. The van der Waals surface area contributed by atoms with Crippen LogP contribution in [0.1, 0.15) is 31.2 Å². The van der Waals surface area contributed by atoms with Crippen molar-refractivity contribution in [3.05, 3.63) is 47.3 Å². The molecule has 0 atom stereocenters. The number of anilines is 1. The number of hydrogen-bond donors (Lipinski definition) is 1. The number of hydrogen-bond acceptors (Lipinski definition) is 5. The van der Waals surface area contributed by atoms with E-state index in [2.05, 4.69) is 22.3 Å². The van der Waals surface area contributed by atoms with Gasteiger partial charge in [0.15, 0.2) is 0 Å². The molecule has 0 aliphatic carbocycles. The largest absolute Gasteiger partial charge is 0.371 e. The van der Waals surface area contributed by atoms with Crippen LogP contribution in [0.4, 0.5) is 5.69 Å². The Morgan fingerprint density at radius 2 is 1.76 bits per heavy atom. The van der Waals surface area contributed by atoms with E-state index in [0.29, 0.717) is 36.7 Å². The molecule has 3 heterocycles. The first-order valence-electron chi connectivity index (χ1n) is 10.2. The van der Waals surface area contributed by atoms with Crippen molar-refractivity contribution in [2.45, 2.75) is 36.4 Å². The maximum atomic E-state index is 12.7. The highest BCUT2D eigenvalue weighted by molar-refractivity contribution is 7.91. The molecule has 29 heavy (non-hydrogen) atoms. The second kappa shape index (κ2) is 8.85. The van der Waals surface area contributed by atoms with Crippen molar-refractivity contribution in [1.29, 1.82) is 0 Å². The van der Waals surface area contributed by atoms with Crippen molar-refractivity contribution < 1.29 is 13.2 Å². The Kier molecular flexibility index (Phi) is 6.22. The second-order valence-corrected chi connectivity index (χ2v) is 10.8. The third kappa shape index (κ3) is 4.49. The van der Waals surface area contributed by atoms with Crippen molar-refractivity contribution in [1.82, 2.24) is 9.62 Å². The van der Waals surface area contributed by atoms with Gasteiger partial charge in [-0.1, -0.05) is 24.3 Å². The van der Waals surface area contributed by atoms with E-state index in [1.807, 2.05) is 12.1 Å². The number of amides is 1. The van der Waals surface area contributed by atoms with Crippen molar-refractivity contribution in [3.8, 4) is 0 Å². The number of nitrogens with zero attached hydrogens (tertiary/aromatic N) is 2. The summed E-state index contributed by atoms with van der Waals surface area (Å²) in [5, 5.41) is 4.85. The van der Waals surface area contributed by atoms with Gasteiger partial charge < -0.3 is 10.2 Å². The molecule has 2 fully saturated rings. The van der Waals surface area contributed by atoms with Gasteiger partial charge in [-0.05, 0) is 48.8 Å². The predicted octanol–water partition coefficient (Wildman–Crippen LogP) is 3.07. The average molecular weight is 434 g/mol. The number of benzene rings is 1. The van der Waals surface area contributed by atoms with Crippen LogP contribution in [0.3, 0.4) is 0 Å². The molecule has 0 unspecified atom stereocenters. The second-order valence-electron chi connectivity index (χ2n) is 7.65. The topological polar surface area (TPSA) is 69.7 Å². The fourth-order valence-corrected chi connectivity index (χ4v) is 6.76. The van der Waals surface area contributed by atoms with Crippen LogP contribution in [0.5, 0.6) is 0 Å². The monoisotopic (exact) mass is 433 g/mol. The highest BCUT2D eigenvalue weighted by Crippen LogP contribution is 2.27. The van der Waals surface area contributed by atoms with Gasteiger partial charge >= 0.3 is 0 Å². The minimum Gasteiger partial charge on any atom is -0.371 e. The highest BCUT2D eigenvalue weighted by Gasteiger charge is 2.32. The molecule has 156 valence electrons. The van der Waals surface area contributed by atoms with E-state index in [1.165, 1.54) is 34.2 Å². The molecule has 1 N–H and O–H groups in total. The fraction of sp³-hybridized carbons (Fsp3) is 0.476. The zero-order valence-electron chi connectivity index (χ0n) is 16.4. The van der Waals surface area contributed by atoms with E-state index in [1.54, 1.807) is 17.5 Å². The number of carbonyl (C=O) groups excluding carboxylic acids is 1. The number of rotatable bonds is 6. The quantitative estimate of drug-likeness (QED) is 0.760. The molecule has 2 aliphatic rings. The predicted molar refractivity (Wildman–Crippen MR) is 116 cm³/mol. The van der Waals surface area contributed by atoms with E-state index in [9.17, 15) is 13.2 Å². The third-order valence-electron chi connectivity index (χ3n) is 5.81. The maximum absolute atomic E-state index is 12.7. The first-order valence-corrected chi connectivity index (χ1v) is 12.5. The first kappa shape index (κ1) is 20.4. The summed E-state index contributed by atoms with van der Waals surface area (Å²) in [4.78, 5) is 15.1. The third-order valence-corrected chi connectivity index (χ3v) is 9.08. The number of sulfonamides is 1. The number of carbonyl (C=O) groups is 1. The lowest BCUT2D eigenvalue weighted by Crippen LogP contribution is -2.42. The van der Waals surface area contributed by atoms with Gasteiger partial charge in [-0.25, -0.2) is 8.42 Å². The van der Waals surface area contributed by atoms with Gasteiger partial charge in [-0.3, -0.25) is 4.79 Å². The minimum atomic E-state index is -3.42. The molecule has 1 amide bonds. The van der Waals surface area contributed by atoms with Crippen LogP contribution in [0, 0.1) is 5.92 Å². The normalized spacial score (nSPS) is 18.8. The Morgan fingerprint density at radius 1 is 1.03 bits per heavy atom. The van der Waals surface area contributed by atoms with Crippen LogP contribution < -0.4 is 10.2 Å². The minimum absolute atomic E-state index is 0.0226. The molecule has 0 saturated carbocycles. The molecule has 0 radical (unpaired) electrons. The summed E-state index contributed by atoms with van der Waals surface area (Å²) in [5.41, 5.74) is 2.35. The Morgan fingerprint density at radius 3 is 2.45 bits per heavy atom. The standard InChI is InChI=1S/C21H27N3O3S2/c25-21(22-16-18-6-1-2-7-19(18)23-11-3-4-12-23)17-9-13-24(14-10-17)29(26,27)20-8-5-15-28-20/h1-2,5-8,15,17H,3-4,9-14,16H2,(H,22,25). The van der Waals surface area contributed by atoms with Crippen molar-refractivity contribution in [2.75, 3.05) is 31.1 Å². The van der Waals surface area contributed by atoms with Crippen LogP contribution in [-0.4, -0.2) is 44.8 Å². The number of thiophene rings is 1. The Bertz CT molecular complexity index is 930. The van der Waals surface area contributed by atoms with Gasteiger partial charge in [0.1, 0.15) is 4.21 Å². The molecule has 8 heteroatoms. The summed E-state index contributed by atoms with van der Waals surface area (Å²) in [5.74, 6) is -0.113. The summed E-state index contributed by atoms with van der Waals surface area (Å²) in [6.45, 7) is 3.44. The summed E-state index contributed by atoms with van der Waals surface area (Å²) >= 11 is 1.24. The molecule has 2 aromatic rings. The van der Waals surface area contributed by atoms with Crippen LogP contribution in [0.15, 0.2) is 46.0 Å². The molecule has 6 nitrogen and oxygen atoms in total. The van der Waals surface area contributed by atoms with Gasteiger partial charge in [-0.2, -0.15) is 4.31 Å². The van der Waals surface area contributed by atoms with Gasteiger partial charge in [-0.15, -0.1) is 11.3 Å².